The molecule has 0 bridgehead atoms. The predicted octanol–water partition coefficient (Wildman–Crippen LogP) is 4.19. The number of aromatic nitrogens is 1. The largest absolute Gasteiger partial charge is 0.361 e. The standard InChI is InChI=1S/C18H20FN3/c19-14-4-5-15-16(12-21-17(15)11-14)13-6-9-22(10-7-13)18-3-1-2-8-20-18/h2,4-5,8,11-13,21H,1,3,6-7,9-10H2. The van der Waals surface area contributed by atoms with E-state index in [1.807, 2.05) is 12.3 Å². The molecule has 0 unspecified atom stereocenters. The first-order valence-electron chi connectivity index (χ1n) is 8.04. The Morgan fingerprint density at radius 3 is 2.86 bits per heavy atom. The predicted molar refractivity (Wildman–Crippen MR) is 87.6 cm³/mol. The summed E-state index contributed by atoms with van der Waals surface area (Å²) in [5.74, 6) is 1.61. The van der Waals surface area contributed by atoms with Gasteiger partial charge in [0.1, 0.15) is 11.7 Å². The first-order valence-corrected chi connectivity index (χ1v) is 8.04. The molecule has 3 heterocycles. The number of nitrogens with zero attached hydrogens (tertiary/aromatic N) is 2. The van der Waals surface area contributed by atoms with Crippen molar-refractivity contribution in [3.05, 3.63) is 48.1 Å². The summed E-state index contributed by atoms with van der Waals surface area (Å²) in [7, 11) is 0. The molecule has 4 heteroatoms. The number of allylic oxidation sites excluding steroid dienone is 1. The number of aliphatic imine (C=N–C) groups is 1. The summed E-state index contributed by atoms with van der Waals surface area (Å²) < 4.78 is 13.3. The van der Waals surface area contributed by atoms with Gasteiger partial charge in [-0.1, -0.05) is 6.08 Å². The lowest BCUT2D eigenvalue weighted by molar-refractivity contribution is 0.309. The van der Waals surface area contributed by atoms with Crippen LogP contribution in [0.3, 0.4) is 0 Å². The van der Waals surface area contributed by atoms with E-state index in [4.69, 9.17) is 0 Å². The topological polar surface area (TPSA) is 31.4 Å². The lowest BCUT2D eigenvalue weighted by Gasteiger charge is -2.34. The van der Waals surface area contributed by atoms with Gasteiger partial charge in [-0.15, -0.1) is 0 Å². The summed E-state index contributed by atoms with van der Waals surface area (Å²) in [6.07, 6.45) is 10.5. The van der Waals surface area contributed by atoms with Crippen LogP contribution in [0, 0.1) is 5.82 Å². The first kappa shape index (κ1) is 13.6. The van der Waals surface area contributed by atoms with E-state index in [2.05, 4.69) is 27.1 Å². The molecule has 114 valence electrons. The van der Waals surface area contributed by atoms with Crippen molar-refractivity contribution in [2.45, 2.75) is 31.6 Å². The number of halogens is 1. The van der Waals surface area contributed by atoms with Crippen LogP contribution in [-0.4, -0.2) is 28.8 Å². The Morgan fingerprint density at radius 2 is 2.09 bits per heavy atom. The van der Waals surface area contributed by atoms with Crippen LogP contribution in [0.15, 0.2) is 41.7 Å². The zero-order valence-corrected chi connectivity index (χ0v) is 12.6. The van der Waals surface area contributed by atoms with Gasteiger partial charge in [0.05, 0.1) is 0 Å². The number of hydrogen-bond acceptors (Lipinski definition) is 2. The average Bonchev–Trinajstić information content (AvgIpc) is 2.99. The molecule has 1 fully saturated rings. The third-order valence-electron chi connectivity index (χ3n) is 4.84. The molecule has 3 nitrogen and oxygen atoms in total. The Morgan fingerprint density at radius 1 is 1.23 bits per heavy atom. The van der Waals surface area contributed by atoms with Crippen molar-refractivity contribution in [1.29, 1.82) is 0 Å². The number of aromatic amines is 1. The molecule has 2 aliphatic rings. The molecule has 0 radical (unpaired) electrons. The number of likely N-dealkylation sites (tertiary alicyclic amines) is 1. The molecule has 1 N–H and O–H groups in total. The van der Waals surface area contributed by atoms with Crippen LogP contribution in [0.2, 0.25) is 0 Å². The molecule has 0 amide bonds. The molecule has 1 aromatic heterocycles. The minimum Gasteiger partial charge on any atom is -0.361 e. The van der Waals surface area contributed by atoms with Gasteiger partial charge < -0.3 is 9.88 Å². The highest BCUT2D eigenvalue weighted by Gasteiger charge is 2.24. The van der Waals surface area contributed by atoms with Gasteiger partial charge in [-0.25, -0.2) is 9.38 Å². The van der Waals surface area contributed by atoms with Crippen molar-refractivity contribution in [2.24, 2.45) is 4.99 Å². The summed E-state index contributed by atoms with van der Waals surface area (Å²) in [6.45, 7) is 2.12. The van der Waals surface area contributed by atoms with Crippen molar-refractivity contribution in [3.8, 4) is 0 Å². The number of nitrogens with one attached hydrogen (secondary N) is 1. The maximum Gasteiger partial charge on any atom is 0.125 e. The monoisotopic (exact) mass is 297 g/mol. The Bertz CT molecular complexity index is 736. The molecule has 2 aromatic rings. The zero-order chi connectivity index (χ0) is 14.9. The fourth-order valence-corrected chi connectivity index (χ4v) is 3.64. The number of amidine groups is 1. The smallest absolute Gasteiger partial charge is 0.125 e. The van der Waals surface area contributed by atoms with Crippen LogP contribution in [0.25, 0.3) is 10.9 Å². The Balaban J connectivity index is 1.51. The number of piperidine rings is 1. The molecular formula is C18H20FN3. The molecule has 0 atom stereocenters. The van der Waals surface area contributed by atoms with E-state index >= 15 is 0 Å². The summed E-state index contributed by atoms with van der Waals surface area (Å²) >= 11 is 0. The van der Waals surface area contributed by atoms with E-state index < -0.39 is 0 Å². The van der Waals surface area contributed by atoms with Gasteiger partial charge in [0, 0.05) is 42.8 Å². The lowest BCUT2D eigenvalue weighted by atomic mass is 9.89. The van der Waals surface area contributed by atoms with E-state index in [9.17, 15) is 4.39 Å². The van der Waals surface area contributed by atoms with Crippen LogP contribution in [0.5, 0.6) is 0 Å². The second kappa shape index (κ2) is 5.59. The molecule has 2 aliphatic heterocycles. The second-order valence-electron chi connectivity index (χ2n) is 6.16. The Hall–Kier alpha value is -2.10. The number of rotatable bonds is 1. The fraction of sp³-hybridized carbons (Fsp3) is 0.389. The minimum absolute atomic E-state index is 0.181. The number of H-pyrrole nitrogens is 1. The van der Waals surface area contributed by atoms with E-state index in [0.717, 1.165) is 49.7 Å². The van der Waals surface area contributed by atoms with Gasteiger partial charge in [-0.2, -0.15) is 0 Å². The zero-order valence-electron chi connectivity index (χ0n) is 12.6. The van der Waals surface area contributed by atoms with Crippen molar-refractivity contribution < 1.29 is 4.39 Å². The van der Waals surface area contributed by atoms with E-state index in [1.54, 1.807) is 12.1 Å². The SMILES string of the molecule is Fc1ccc2c(C3CCN(C4=NC=CCC4)CC3)c[nH]c2c1. The van der Waals surface area contributed by atoms with Gasteiger partial charge in [0.25, 0.3) is 0 Å². The molecule has 0 saturated carbocycles. The van der Waals surface area contributed by atoms with Gasteiger partial charge in [-0.3, -0.25) is 0 Å². The first-order chi connectivity index (χ1) is 10.8. The molecule has 0 aliphatic carbocycles. The van der Waals surface area contributed by atoms with Crippen molar-refractivity contribution in [2.75, 3.05) is 13.1 Å². The lowest BCUT2D eigenvalue weighted by Crippen LogP contribution is -2.38. The van der Waals surface area contributed by atoms with Gasteiger partial charge in [0.2, 0.25) is 0 Å². The fourth-order valence-electron chi connectivity index (χ4n) is 3.64. The molecule has 1 aromatic carbocycles. The van der Waals surface area contributed by atoms with Gasteiger partial charge in [-0.05, 0) is 48.9 Å². The highest BCUT2D eigenvalue weighted by Crippen LogP contribution is 2.33. The van der Waals surface area contributed by atoms with Crippen molar-refractivity contribution >= 4 is 16.7 Å². The van der Waals surface area contributed by atoms with Crippen LogP contribution in [0.1, 0.15) is 37.2 Å². The third-order valence-corrected chi connectivity index (χ3v) is 4.84. The quantitative estimate of drug-likeness (QED) is 0.840. The third kappa shape index (κ3) is 2.43. The summed E-state index contributed by atoms with van der Waals surface area (Å²) in [5, 5.41) is 1.16. The van der Waals surface area contributed by atoms with Gasteiger partial charge >= 0.3 is 0 Å². The summed E-state index contributed by atoms with van der Waals surface area (Å²) in [5.41, 5.74) is 2.24. The van der Waals surface area contributed by atoms with E-state index in [-0.39, 0.29) is 5.82 Å². The Labute approximate surface area is 129 Å². The number of hydrogen-bond donors (Lipinski definition) is 1. The van der Waals surface area contributed by atoms with E-state index in [0.29, 0.717) is 5.92 Å². The van der Waals surface area contributed by atoms with Crippen LogP contribution >= 0.6 is 0 Å². The number of fused-ring (bicyclic) bond motifs is 1. The second-order valence-corrected chi connectivity index (χ2v) is 6.16. The summed E-state index contributed by atoms with van der Waals surface area (Å²) in [6, 6.07) is 5.04. The maximum atomic E-state index is 13.3. The maximum absolute atomic E-state index is 13.3. The molecule has 22 heavy (non-hydrogen) atoms. The average molecular weight is 297 g/mol. The van der Waals surface area contributed by atoms with Crippen LogP contribution in [0.4, 0.5) is 4.39 Å². The molecule has 1 saturated heterocycles. The van der Waals surface area contributed by atoms with Gasteiger partial charge in [0.15, 0.2) is 0 Å². The van der Waals surface area contributed by atoms with Crippen LogP contribution in [-0.2, 0) is 0 Å². The minimum atomic E-state index is -0.181. The highest BCUT2D eigenvalue weighted by atomic mass is 19.1. The molecule has 4 rings (SSSR count). The molecule has 0 spiro atoms. The summed E-state index contributed by atoms with van der Waals surface area (Å²) in [4.78, 5) is 10.2. The number of benzene rings is 1. The van der Waals surface area contributed by atoms with Crippen molar-refractivity contribution in [3.63, 3.8) is 0 Å². The van der Waals surface area contributed by atoms with Crippen LogP contribution < -0.4 is 0 Å². The van der Waals surface area contributed by atoms with E-state index in [1.165, 1.54) is 11.4 Å². The molecular weight excluding hydrogens is 277 g/mol. The highest BCUT2D eigenvalue weighted by molar-refractivity contribution is 5.85. The normalized spacial score (nSPS) is 19.7. The van der Waals surface area contributed by atoms with Crippen molar-refractivity contribution in [1.82, 2.24) is 9.88 Å². The Kier molecular flexibility index (Phi) is 3.45.